The van der Waals surface area contributed by atoms with Crippen LogP contribution >= 0.6 is 22.9 Å². The number of aromatic nitrogens is 3. The highest BCUT2D eigenvalue weighted by Gasteiger charge is 2.14. The average Bonchev–Trinajstić information content (AvgIpc) is 2.87. The van der Waals surface area contributed by atoms with E-state index >= 15 is 0 Å². The van der Waals surface area contributed by atoms with Crippen molar-refractivity contribution in [3.63, 3.8) is 0 Å². The van der Waals surface area contributed by atoms with E-state index in [1.165, 1.54) is 15.0 Å². The van der Waals surface area contributed by atoms with Crippen LogP contribution in [0.25, 0.3) is 10.1 Å². The summed E-state index contributed by atoms with van der Waals surface area (Å²) in [5, 5.41) is 4.61. The Morgan fingerprint density at radius 1 is 1.29 bits per heavy atom. The molecule has 3 aromatic rings. The highest BCUT2D eigenvalue weighted by molar-refractivity contribution is 7.19. The van der Waals surface area contributed by atoms with Crippen molar-refractivity contribution in [1.29, 1.82) is 0 Å². The molecule has 3 rings (SSSR count). The topological polar surface area (TPSA) is 76.7 Å². The molecule has 3 N–H and O–H groups in total. The first-order valence-electron chi connectivity index (χ1n) is 6.57. The number of anilines is 2. The Bertz CT molecular complexity index is 720. The number of nitrogens with zero attached hydrogens (tertiary/aromatic N) is 3. The number of nitrogens with two attached hydrogens (primary N) is 1. The molecule has 21 heavy (non-hydrogen) atoms. The molecule has 1 atom stereocenters. The Hall–Kier alpha value is -1.92. The number of nitrogen functional groups attached to an aromatic ring is 1. The van der Waals surface area contributed by atoms with Crippen LogP contribution in [0.3, 0.4) is 0 Å². The first-order valence-corrected chi connectivity index (χ1v) is 7.77. The van der Waals surface area contributed by atoms with Gasteiger partial charge >= 0.3 is 0 Å². The minimum atomic E-state index is 0.0937. The molecule has 0 amide bonds. The second-order valence-electron chi connectivity index (χ2n) is 4.58. The first-order chi connectivity index (χ1) is 10.2. The molecule has 0 radical (unpaired) electrons. The van der Waals surface area contributed by atoms with E-state index < -0.39 is 0 Å². The maximum atomic E-state index is 5.81. The smallest absolute Gasteiger partial charge is 0.229 e. The van der Waals surface area contributed by atoms with Gasteiger partial charge in [-0.05, 0) is 35.5 Å². The standard InChI is InChI=1S/C14H14ClN5S/c1-2-9(17-14-19-12(15)18-13(16)20-14)11-7-8-5-3-4-6-10(8)21-11/h3-7,9H,2H2,1H3,(H3,16,17,18,19,20). The minimum absolute atomic E-state index is 0.0937. The quantitative estimate of drug-likeness (QED) is 0.763. The number of fused-ring (bicyclic) bond motifs is 1. The van der Waals surface area contributed by atoms with Gasteiger partial charge in [0.15, 0.2) is 0 Å². The van der Waals surface area contributed by atoms with Crippen molar-refractivity contribution >= 4 is 44.9 Å². The van der Waals surface area contributed by atoms with E-state index in [-0.39, 0.29) is 17.3 Å². The number of hydrogen-bond donors (Lipinski definition) is 2. The number of hydrogen-bond acceptors (Lipinski definition) is 6. The van der Waals surface area contributed by atoms with Crippen LogP contribution in [-0.4, -0.2) is 15.0 Å². The Balaban J connectivity index is 1.90. The number of halogens is 1. The molecule has 7 heteroatoms. The summed E-state index contributed by atoms with van der Waals surface area (Å²) in [5.74, 6) is 0.514. The summed E-state index contributed by atoms with van der Waals surface area (Å²) in [6, 6.07) is 10.6. The summed E-state index contributed by atoms with van der Waals surface area (Å²) >= 11 is 7.57. The van der Waals surface area contributed by atoms with Gasteiger partial charge in [0.1, 0.15) is 0 Å². The monoisotopic (exact) mass is 319 g/mol. The highest BCUT2D eigenvalue weighted by atomic mass is 35.5. The number of benzene rings is 1. The van der Waals surface area contributed by atoms with Crippen molar-refractivity contribution in [3.05, 3.63) is 40.5 Å². The number of rotatable bonds is 4. The third-order valence-corrected chi connectivity index (χ3v) is 4.52. The van der Waals surface area contributed by atoms with Crippen LogP contribution in [0, 0.1) is 0 Å². The molecule has 5 nitrogen and oxygen atoms in total. The van der Waals surface area contributed by atoms with Gasteiger partial charge in [0.2, 0.25) is 17.2 Å². The Morgan fingerprint density at radius 2 is 2.10 bits per heavy atom. The second-order valence-corrected chi connectivity index (χ2v) is 6.03. The lowest BCUT2D eigenvalue weighted by atomic mass is 10.1. The van der Waals surface area contributed by atoms with Crippen molar-refractivity contribution in [2.75, 3.05) is 11.1 Å². The first kappa shape index (κ1) is 14.0. The molecule has 2 aromatic heterocycles. The van der Waals surface area contributed by atoms with Gasteiger partial charge in [0.05, 0.1) is 6.04 Å². The van der Waals surface area contributed by atoms with Gasteiger partial charge < -0.3 is 11.1 Å². The highest BCUT2D eigenvalue weighted by Crippen LogP contribution is 2.32. The summed E-state index contributed by atoms with van der Waals surface area (Å²) in [6.45, 7) is 2.11. The molecule has 0 spiro atoms. The lowest BCUT2D eigenvalue weighted by molar-refractivity contribution is 0.751. The van der Waals surface area contributed by atoms with Crippen LogP contribution in [-0.2, 0) is 0 Å². The third-order valence-electron chi connectivity index (χ3n) is 3.13. The molecule has 0 bridgehead atoms. The number of thiophene rings is 1. The molecule has 1 aromatic carbocycles. The molecular formula is C14H14ClN5S. The molecule has 0 aliphatic carbocycles. The van der Waals surface area contributed by atoms with Gasteiger partial charge in [-0.15, -0.1) is 11.3 Å². The average molecular weight is 320 g/mol. The van der Waals surface area contributed by atoms with E-state index in [2.05, 4.69) is 45.4 Å². The van der Waals surface area contributed by atoms with Crippen LogP contribution in [0.15, 0.2) is 30.3 Å². The van der Waals surface area contributed by atoms with E-state index in [1.807, 2.05) is 12.1 Å². The lowest BCUT2D eigenvalue weighted by Gasteiger charge is -2.15. The summed E-state index contributed by atoms with van der Waals surface area (Å²) in [6.07, 6.45) is 0.899. The molecule has 108 valence electrons. The van der Waals surface area contributed by atoms with Gasteiger partial charge in [0.25, 0.3) is 0 Å². The van der Waals surface area contributed by atoms with Gasteiger partial charge in [0, 0.05) is 9.58 Å². The Labute approximate surface area is 131 Å². The van der Waals surface area contributed by atoms with Crippen LogP contribution in [0.5, 0.6) is 0 Å². The summed E-state index contributed by atoms with van der Waals surface area (Å²) < 4.78 is 1.26. The predicted molar refractivity (Wildman–Crippen MR) is 87.7 cm³/mol. The van der Waals surface area contributed by atoms with Crippen LogP contribution in [0.2, 0.25) is 5.28 Å². The van der Waals surface area contributed by atoms with Crippen LogP contribution in [0.4, 0.5) is 11.9 Å². The van der Waals surface area contributed by atoms with Gasteiger partial charge in [-0.2, -0.15) is 15.0 Å². The SMILES string of the molecule is CCC(Nc1nc(N)nc(Cl)n1)c1cc2ccccc2s1. The van der Waals surface area contributed by atoms with Crippen LogP contribution < -0.4 is 11.1 Å². The maximum Gasteiger partial charge on any atom is 0.229 e. The fourth-order valence-corrected chi connectivity index (χ4v) is 3.50. The predicted octanol–water partition coefficient (Wildman–Crippen LogP) is 3.89. The van der Waals surface area contributed by atoms with Crippen molar-refractivity contribution < 1.29 is 0 Å². The maximum absolute atomic E-state index is 5.81. The molecule has 2 heterocycles. The van der Waals surface area contributed by atoms with Crippen molar-refractivity contribution in [1.82, 2.24) is 15.0 Å². The molecule has 0 aliphatic heterocycles. The minimum Gasteiger partial charge on any atom is -0.368 e. The largest absolute Gasteiger partial charge is 0.368 e. The Morgan fingerprint density at radius 3 is 2.81 bits per heavy atom. The second kappa shape index (κ2) is 5.83. The van der Waals surface area contributed by atoms with Gasteiger partial charge in [-0.25, -0.2) is 0 Å². The van der Waals surface area contributed by atoms with Crippen molar-refractivity contribution in [3.8, 4) is 0 Å². The fourth-order valence-electron chi connectivity index (χ4n) is 2.13. The lowest BCUT2D eigenvalue weighted by Crippen LogP contribution is -2.12. The third kappa shape index (κ3) is 3.06. The van der Waals surface area contributed by atoms with E-state index in [4.69, 9.17) is 17.3 Å². The summed E-state index contributed by atoms with van der Waals surface area (Å²) in [4.78, 5) is 13.1. The van der Waals surface area contributed by atoms with E-state index in [0.717, 1.165) is 6.42 Å². The summed E-state index contributed by atoms with van der Waals surface area (Å²) in [5.41, 5.74) is 5.59. The Kier molecular flexibility index (Phi) is 3.90. The van der Waals surface area contributed by atoms with Gasteiger partial charge in [-0.1, -0.05) is 25.1 Å². The van der Waals surface area contributed by atoms with E-state index in [9.17, 15) is 0 Å². The zero-order chi connectivity index (χ0) is 14.8. The normalized spacial score (nSPS) is 12.5. The molecule has 1 unspecified atom stereocenters. The fraction of sp³-hybridized carbons (Fsp3) is 0.214. The zero-order valence-corrected chi connectivity index (χ0v) is 12.9. The molecular weight excluding hydrogens is 306 g/mol. The van der Waals surface area contributed by atoms with Gasteiger partial charge in [-0.3, -0.25) is 0 Å². The van der Waals surface area contributed by atoms with Crippen molar-refractivity contribution in [2.45, 2.75) is 19.4 Å². The number of nitrogens with one attached hydrogen (secondary N) is 1. The molecule has 0 fully saturated rings. The molecule has 0 aliphatic rings. The van der Waals surface area contributed by atoms with E-state index in [0.29, 0.717) is 5.95 Å². The zero-order valence-electron chi connectivity index (χ0n) is 11.4. The van der Waals surface area contributed by atoms with E-state index in [1.54, 1.807) is 11.3 Å². The van der Waals surface area contributed by atoms with Crippen LogP contribution in [0.1, 0.15) is 24.3 Å². The molecule has 0 saturated carbocycles. The van der Waals surface area contributed by atoms with Crippen molar-refractivity contribution in [2.24, 2.45) is 0 Å². The molecule has 0 saturated heterocycles. The summed E-state index contributed by atoms with van der Waals surface area (Å²) in [7, 11) is 0.